The van der Waals surface area contributed by atoms with Crippen LogP contribution in [0.3, 0.4) is 0 Å². The summed E-state index contributed by atoms with van der Waals surface area (Å²) in [4.78, 5) is 61.1. The minimum Gasteiger partial charge on any atom is -0.382 e. The number of phosphoric acid groups is 2. The van der Waals surface area contributed by atoms with Crippen LogP contribution in [0.25, 0.3) is 10.9 Å². The van der Waals surface area contributed by atoms with E-state index < -0.39 is 15.6 Å². The molecule has 0 aliphatic carbocycles. The topological polar surface area (TPSA) is 273 Å². The molecule has 0 aliphatic rings. The first kappa shape index (κ1) is 46.2. The molecule has 0 amide bonds. The molecule has 2 heterocycles. The molecular formula is C28H48ClN9O8P2S. The summed E-state index contributed by atoms with van der Waals surface area (Å²) in [5, 5.41) is 19.4. The van der Waals surface area contributed by atoms with E-state index in [9.17, 15) is 0 Å². The Balaban J connectivity index is 0.000000751. The highest BCUT2D eigenvalue weighted by molar-refractivity contribution is 7.98. The average Bonchev–Trinajstić information content (AvgIpc) is 3.41. The lowest BCUT2D eigenvalue weighted by molar-refractivity contribution is 0.272. The van der Waals surface area contributed by atoms with Crippen molar-refractivity contribution in [2.45, 2.75) is 52.3 Å². The predicted molar refractivity (Wildman–Crippen MR) is 195 cm³/mol. The predicted octanol–water partition coefficient (Wildman–Crippen LogP) is 3.55. The number of pyridine rings is 1. The number of hydrogen-bond donors (Lipinski definition) is 10. The Labute approximate surface area is 296 Å². The van der Waals surface area contributed by atoms with Gasteiger partial charge in [0.15, 0.2) is 6.19 Å². The number of hydrogen-bond acceptors (Lipinski definition) is 9. The van der Waals surface area contributed by atoms with Crippen LogP contribution in [0.2, 0.25) is 5.02 Å². The van der Waals surface area contributed by atoms with Crippen LogP contribution in [0, 0.1) is 18.4 Å². The summed E-state index contributed by atoms with van der Waals surface area (Å²) in [7, 11) is -7.65. The van der Waals surface area contributed by atoms with E-state index in [1.165, 1.54) is 13.0 Å². The number of anilines is 1. The Kier molecular flexibility index (Phi) is 23.8. The first-order chi connectivity index (χ1) is 22.9. The molecule has 49 heavy (non-hydrogen) atoms. The van der Waals surface area contributed by atoms with Gasteiger partial charge in [-0.2, -0.15) is 17.0 Å². The zero-order valence-electron chi connectivity index (χ0n) is 28.1. The smallest absolute Gasteiger partial charge is 0.382 e. The Morgan fingerprint density at radius 1 is 1.12 bits per heavy atom. The van der Waals surface area contributed by atoms with Gasteiger partial charge in [0.2, 0.25) is 5.96 Å². The lowest BCUT2D eigenvalue weighted by Crippen LogP contribution is -2.35. The quantitative estimate of drug-likeness (QED) is 0.0297. The molecule has 0 radical (unpaired) electrons. The number of nitriles is 1. The molecular weight excluding hydrogens is 720 g/mol. The van der Waals surface area contributed by atoms with Crippen molar-refractivity contribution in [3.05, 3.63) is 53.2 Å². The van der Waals surface area contributed by atoms with Crippen molar-refractivity contribution in [3.63, 3.8) is 0 Å². The highest BCUT2D eigenvalue weighted by Crippen LogP contribution is 2.27. The molecule has 10 N–H and O–H groups in total. The molecule has 2 aromatic heterocycles. The van der Waals surface area contributed by atoms with Crippen molar-refractivity contribution in [1.29, 1.82) is 5.26 Å². The maximum atomic E-state index is 8.88. The van der Waals surface area contributed by atoms with Gasteiger partial charge in [0.05, 0.1) is 17.5 Å². The van der Waals surface area contributed by atoms with E-state index in [1.54, 1.807) is 25.1 Å². The van der Waals surface area contributed by atoms with Gasteiger partial charge in [-0.25, -0.2) is 14.1 Å². The zero-order chi connectivity index (χ0) is 37.5. The van der Waals surface area contributed by atoms with Gasteiger partial charge in [-0.15, -0.1) is 0 Å². The van der Waals surface area contributed by atoms with E-state index in [1.807, 2.05) is 43.6 Å². The number of aromatic amines is 1. The first-order valence-electron chi connectivity index (χ1n) is 14.9. The van der Waals surface area contributed by atoms with Crippen molar-refractivity contribution in [3.8, 4) is 6.19 Å². The van der Waals surface area contributed by atoms with Crippen LogP contribution in [0.15, 0.2) is 41.8 Å². The molecule has 0 saturated heterocycles. The maximum absolute atomic E-state index is 8.88. The van der Waals surface area contributed by atoms with Crippen molar-refractivity contribution in [2.24, 2.45) is 4.99 Å². The van der Waals surface area contributed by atoms with Crippen LogP contribution in [0.4, 0.5) is 5.69 Å². The van der Waals surface area contributed by atoms with Crippen LogP contribution in [0.5, 0.6) is 0 Å². The number of nitrogens with zero attached hydrogens (tertiary/aromatic N) is 5. The fourth-order valence-corrected chi connectivity index (χ4v) is 4.96. The molecule has 1 atom stereocenters. The number of H-pyrrole nitrogens is 1. The Hall–Kier alpha value is -2.78. The van der Waals surface area contributed by atoms with E-state index in [-0.39, 0.29) is 0 Å². The molecule has 21 heteroatoms. The van der Waals surface area contributed by atoms with Crippen molar-refractivity contribution < 1.29 is 38.5 Å². The summed E-state index contributed by atoms with van der Waals surface area (Å²) in [5.74, 6) is 2.32. The van der Waals surface area contributed by atoms with Crippen molar-refractivity contribution >= 4 is 61.6 Å². The molecule has 276 valence electrons. The Morgan fingerprint density at radius 2 is 1.76 bits per heavy atom. The molecule has 3 aromatic rings. The standard InChI is InChI=1S/C18H26ClN3.C10H16N6S.2H3O4P/c1-4-22(5-2)12-6-7-14(3)21-17-10-11-20-18-13-15(19)8-9-16(17)18;1-8-9(16-7-15-8)5-17-4-3-13-10(12-2)14-6-11;2*1-5(2,3)4/h8-11,13-14H,4-7,12H2,1-3H3,(H,20,21);7H,3-5H2,1-2H3,(H,15,16)(H2,12,13,14);2*(H3,1,2,3,4). The van der Waals surface area contributed by atoms with Crippen molar-refractivity contribution in [2.75, 3.05) is 44.3 Å². The van der Waals surface area contributed by atoms with Crippen LogP contribution >= 0.6 is 39.0 Å². The van der Waals surface area contributed by atoms with Crippen LogP contribution in [0.1, 0.15) is 45.0 Å². The van der Waals surface area contributed by atoms with Gasteiger partial charge in [0.25, 0.3) is 0 Å². The number of imidazole rings is 1. The Morgan fingerprint density at radius 3 is 2.29 bits per heavy atom. The number of guanidine groups is 1. The summed E-state index contributed by atoms with van der Waals surface area (Å²) in [6.45, 7) is 12.9. The second-order valence-corrected chi connectivity index (χ2v) is 13.6. The lowest BCUT2D eigenvalue weighted by Gasteiger charge is -2.20. The highest BCUT2D eigenvalue weighted by Gasteiger charge is 2.08. The van der Waals surface area contributed by atoms with Crippen LogP contribution in [-0.4, -0.2) is 100 Å². The molecule has 1 unspecified atom stereocenters. The summed E-state index contributed by atoms with van der Waals surface area (Å²) >= 11 is 7.82. The molecule has 0 saturated carbocycles. The Bertz CT molecular complexity index is 1490. The number of aryl methyl sites for hydroxylation is 1. The third-order valence-electron chi connectivity index (χ3n) is 6.22. The number of benzene rings is 1. The van der Waals surface area contributed by atoms with E-state index in [4.69, 9.17) is 55.4 Å². The maximum Gasteiger partial charge on any atom is 0.466 e. The average molecular weight is 768 g/mol. The molecule has 17 nitrogen and oxygen atoms in total. The van der Waals surface area contributed by atoms with Crippen molar-refractivity contribution in [1.82, 2.24) is 30.5 Å². The van der Waals surface area contributed by atoms with Gasteiger partial charge < -0.3 is 49.9 Å². The normalized spacial score (nSPS) is 12.0. The van der Waals surface area contributed by atoms with Gasteiger partial charge in [0.1, 0.15) is 0 Å². The fourth-order valence-electron chi connectivity index (χ4n) is 3.92. The van der Waals surface area contributed by atoms with Crippen LogP contribution < -0.4 is 16.0 Å². The summed E-state index contributed by atoms with van der Waals surface area (Å²) < 4.78 is 17.8. The number of aromatic nitrogens is 3. The molecule has 0 bridgehead atoms. The molecule has 3 rings (SSSR count). The number of fused-ring (bicyclic) bond motifs is 1. The second-order valence-electron chi connectivity index (χ2n) is 10.0. The highest BCUT2D eigenvalue weighted by atomic mass is 35.5. The van der Waals surface area contributed by atoms with E-state index in [0.717, 1.165) is 70.6 Å². The molecule has 0 aliphatic heterocycles. The molecule has 0 spiro atoms. The zero-order valence-corrected chi connectivity index (χ0v) is 31.5. The first-order valence-corrected chi connectivity index (χ1v) is 19.6. The number of nitrogens with one attached hydrogen (secondary N) is 4. The monoisotopic (exact) mass is 767 g/mol. The van der Waals surface area contributed by atoms with E-state index in [2.05, 4.69) is 61.6 Å². The van der Waals surface area contributed by atoms with Gasteiger partial charge in [-0.05, 0) is 70.6 Å². The third kappa shape index (κ3) is 25.8. The minimum atomic E-state index is -4.64. The largest absolute Gasteiger partial charge is 0.466 e. The van der Waals surface area contributed by atoms with Gasteiger partial charge in [-0.1, -0.05) is 25.4 Å². The fraction of sp³-hybridized carbons (Fsp3) is 0.500. The van der Waals surface area contributed by atoms with Gasteiger partial charge in [0, 0.05) is 59.1 Å². The van der Waals surface area contributed by atoms with Crippen LogP contribution in [-0.2, 0) is 14.9 Å². The number of thioether (sulfide) groups is 1. The van der Waals surface area contributed by atoms with E-state index in [0.29, 0.717) is 12.0 Å². The summed E-state index contributed by atoms with van der Waals surface area (Å²) in [6, 6.07) is 8.35. The summed E-state index contributed by atoms with van der Waals surface area (Å²) in [5.41, 5.74) is 4.28. The molecule has 0 fully saturated rings. The number of halogens is 1. The third-order valence-corrected chi connectivity index (χ3v) is 7.43. The minimum absolute atomic E-state index is 0.442. The SMILES string of the molecule is CCN(CC)CCCC(C)Nc1ccnc2cc(Cl)ccc12.CN=C(NC#N)NCCSCc1nc[nH]c1C.O=P(O)(O)O.O=P(O)(O)O. The molecule has 1 aromatic carbocycles. The summed E-state index contributed by atoms with van der Waals surface area (Å²) in [6.07, 6.45) is 7.75. The second kappa shape index (κ2) is 25.2. The number of rotatable bonds is 13. The van der Waals surface area contributed by atoms with E-state index >= 15 is 0 Å². The lowest BCUT2D eigenvalue weighted by atomic mass is 10.1. The van der Waals surface area contributed by atoms with Gasteiger partial charge in [-0.3, -0.25) is 15.3 Å². The van der Waals surface area contributed by atoms with Gasteiger partial charge >= 0.3 is 15.6 Å². The number of aliphatic imine (C=N–C) groups is 1.